The molecule has 0 spiro atoms. The average molecular weight is 487 g/mol. The van der Waals surface area contributed by atoms with Crippen LogP contribution in [-0.4, -0.2) is 86.3 Å². The molecule has 0 aliphatic carbocycles. The summed E-state index contributed by atoms with van der Waals surface area (Å²) < 4.78 is 16.3. The molecule has 1 amide bonds. The van der Waals surface area contributed by atoms with Crippen LogP contribution in [0, 0.1) is 0 Å². The van der Waals surface area contributed by atoms with E-state index in [0.29, 0.717) is 41.0 Å². The van der Waals surface area contributed by atoms with Crippen LogP contribution in [-0.2, 0) is 14.3 Å². The zero-order chi connectivity index (χ0) is 24.4. The quantitative estimate of drug-likeness (QED) is 0.568. The molecule has 182 valence electrons. The lowest BCUT2D eigenvalue weighted by atomic mass is 9.92. The first-order chi connectivity index (χ1) is 16.4. The van der Waals surface area contributed by atoms with Gasteiger partial charge in [-0.3, -0.25) is 4.79 Å². The SMILES string of the molecule is COC(=O)C1=C(C)N=C2SC=C(CC(=O)N3CCN(C)CC3)N2C1c1cc(OC)ccc1OC. The highest BCUT2D eigenvalue weighted by Gasteiger charge is 2.42. The fourth-order valence-corrected chi connectivity index (χ4v) is 5.37. The number of hydrogen-bond acceptors (Lipinski definition) is 9. The second-order valence-electron chi connectivity index (χ2n) is 8.35. The maximum Gasteiger partial charge on any atom is 0.338 e. The van der Waals surface area contributed by atoms with E-state index in [1.54, 1.807) is 27.2 Å². The van der Waals surface area contributed by atoms with Crippen LogP contribution in [0.2, 0.25) is 0 Å². The second kappa shape index (κ2) is 10.1. The van der Waals surface area contributed by atoms with Gasteiger partial charge in [-0.25, -0.2) is 9.79 Å². The minimum Gasteiger partial charge on any atom is -0.497 e. The predicted octanol–water partition coefficient (Wildman–Crippen LogP) is 2.62. The van der Waals surface area contributed by atoms with Gasteiger partial charge in [-0.05, 0) is 37.6 Å². The molecule has 3 aliphatic rings. The number of methoxy groups -OCH3 is 3. The van der Waals surface area contributed by atoms with E-state index < -0.39 is 12.0 Å². The fourth-order valence-electron chi connectivity index (χ4n) is 4.41. The molecule has 1 saturated heterocycles. The van der Waals surface area contributed by atoms with E-state index in [-0.39, 0.29) is 12.3 Å². The number of piperazine rings is 1. The first-order valence-corrected chi connectivity index (χ1v) is 12.0. The van der Waals surface area contributed by atoms with Gasteiger partial charge in [0.15, 0.2) is 5.17 Å². The van der Waals surface area contributed by atoms with Gasteiger partial charge in [0.2, 0.25) is 5.91 Å². The Labute approximate surface area is 204 Å². The number of allylic oxidation sites excluding steroid dienone is 1. The van der Waals surface area contributed by atoms with E-state index in [1.807, 2.05) is 27.3 Å². The number of likely N-dealkylation sites (N-methyl/N-ethyl adjacent to an activating group) is 1. The van der Waals surface area contributed by atoms with Gasteiger partial charge < -0.3 is 28.9 Å². The Morgan fingerprint density at radius 1 is 1.12 bits per heavy atom. The number of hydrogen-bond donors (Lipinski definition) is 0. The normalized spacial score (nSPS) is 20.6. The van der Waals surface area contributed by atoms with Gasteiger partial charge in [0, 0.05) is 37.4 Å². The Balaban J connectivity index is 1.74. The summed E-state index contributed by atoms with van der Waals surface area (Å²) in [4.78, 5) is 36.9. The van der Waals surface area contributed by atoms with Crippen molar-refractivity contribution in [2.75, 3.05) is 54.6 Å². The molecular weight excluding hydrogens is 456 g/mol. The zero-order valence-corrected chi connectivity index (χ0v) is 21.0. The lowest BCUT2D eigenvalue weighted by Gasteiger charge is -2.37. The summed E-state index contributed by atoms with van der Waals surface area (Å²) >= 11 is 1.45. The number of esters is 1. The molecule has 0 bridgehead atoms. The molecular formula is C24H30N4O5S. The second-order valence-corrected chi connectivity index (χ2v) is 9.19. The van der Waals surface area contributed by atoms with Gasteiger partial charge in [0.1, 0.15) is 11.5 Å². The molecule has 1 unspecified atom stereocenters. The number of carbonyl (C=O) groups excluding carboxylic acids is 2. The summed E-state index contributed by atoms with van der Waals surface area (Å²) in [6.07, 6.45) is 0.214. The van der Waals surface area contributed by atoms with Crippen molar-refractivity contribution in [3.05, 3.63) is 46.1 Å². The molecule has 34 heavy (non-hydrogen) atoms. The van der Waals surface area contributed by atoms with Crippen molar-refractivity contribution in [1.82, 2.24) is 14.7 Å². The van der Waals surface area contributed by atoms with Crippen molar-refractivity contribution < 1.29 is 23.8 Å². The molecule has 0 radical (unpaired) electrons. The number of rotatable bonds is 6. The van der Waals surface area contributed by atoms with Crippen LogP contribution in [0.1, 0.15) is 24.9 Å². The lowest BCUT2D eigenvalue weighted by molar-refractivity contribution is -0.136. The molecule has 1 atom stereocenters. The average Bonchev–Trinajstić information content (AvgIpc) is 3.24. The van der Waals surface area contributed by atoms with Crippen molar-refractivity contribution in [1.29, 1.82) is 0 Å². The van der Waals surface area contributed by atoms with Crippen molar-refractivity contribution in [3.63, 3.8) is 0 Å². The van der Waals surface area contributed by atoms with Crippen LogP contribution >= 0.6 is 11.8 Å². The third-order valence-electron chi connectivity index (χ3n) is 6.33. The molecule has 1 aromatic carbocycles. The third-order valence-corrected chi connectivity index (χ3v) is 7.21. The number of amidine groups is 1. The summed E-state index contributed by atoms with van der Waals surface area (Å²) in [6.45, 7) is 4.92. The smallest absolute Gasteiger partial charge is 0.338 e. The van der Waals surface area contributed by atoms with E-state index in [9.17, 15) is 9.59 Å². The van der Waals surface area contributed by atoms with Crippen LogP contribution in [0.4, 0.5) is 0 Å². The first-order valence-electron chi connectivity index (χ1n) is 11.1. The van der Waals surface area contributed by atoms with E-state index in [1.165, 1.54) is 18.9 Å². The number of thioether (sulfide) groups is 1. The van der Waals surface area contributed by atoms with Crippen LogP contribution in [0.25, 0.3) is 0 Å². The largest absolute Gasteiger partial charge is 0.497 e. The molecule has 4 rings (SSSR count). The predicted molar refractivity (Wildman–Crippen MR) is 131 cm³/mol. The molecule has 3 heterocycles. The number of amides is 1. The van der Waals surface area contributed by atoms with Crippen LogP contribution in [0.3, 0.4) is 0 Å². The summed E-state index contributed by atoms with van der Waals surface area (Å²) in [6, 6.07) is 4.89. The van der Waals surface area contributed by atoms with Crippen molar-refractivity contribution in [3.8, 4) is 11.5 Å². The first kappa shape index (κ1) is 24.2. The fraction of sp³-hybridized carbons (Fsp3) is 0.458. The van der Waals surface area contributed by atoms with Crippen LogP contribution in [0.15, 0.2) is 45.6 Å². The number of nitrogens with zero attached hydrogens (tertiary/aromatic N) is 4. The summed E-state index contributed by atoms with van der Waals surface area (Å²) in [5.74, 6) is 0.816. The molecule has 0 N–H and O–H groups in total. The van der Waals surface area contributed by atoms with Gasteiger partial charge >= 0.3 is 5.97 Å². The van der Waals surface area contributed by atoms with Gasteiger partial charge in [-0.1, -0.05) is 11.8 Å². The van der Waals surface area contributed by atoms with E-state index in [4.69, 9.17) is 14.2 Å². The number of benzene rings is 1. The Hall–Kier alpha value is -2.98. The van der Waals surface area contributed by atoms with Crippen LogP contribution < -0.4 is 9.47 Å². The zero-order valence-electron chi connectivity index (χ0n) is 20.2. The molecule has 0 saturated carbocycles. The summed E-state index contributed by atoms with van der Waals surface area (Å²) in [5.41, 5.74) is 2.49. The minimum atomic E-state index is -0.577. The number of carbonyl (C=O) groups is 2. The van der Waals surface area contributed by atoms with Gasteiger partial charge in [0.25, 0.3) is 0 Å². The lowest BCUT2D eigenvalue weighted by Crippen LogP contribution is -2.47. The van der Waals surface area contributed by atoms with Gasteiger partial charge in [-0.2, -0.15) is 0 Å². The molecule has 1 aromatic rings. The maximum atomic E-state index is 13.2. The van der Waals surface area contributed by atoms with E-state index >= 15 is 0 Å². The highest BCUT2D eigenvalue weighted by molar-refractivity contribution is 8.16. The monoisotopic (exact) mass is 486 g/mol. The third kappa shape index (κ3) is 4.52. The molecule has 3 aliphatic heterocycles. The number of ether oxygens (including phenoxy) is 3. The summed E-state index contributed by atoms with van der Waals surface area (Å²) in [5, 5.41) is 2.65. The van der Waals surface area contributed by atoms with Gasteiger partial charge in [-0.15, -0.1) is 0 Å². The van der Waals surface area contributed by atoms with Crippen molar-refractivity contribution in [2.24, 2.45) is 4.99 Å². The molecule has 1 fully saturated rings. The standard InChI is InChI=1S/C24H30N4O5S/c1-15-21(23(30)33-5)22(18-13-17(31-3)6-7-19(18)32-4)28-16(14-34-24(28)25-15)12-20(29)27-10-8-26(2)9-11-27/h6-7,13-14,22H,8-12H2,1-5H3. The number of aliphatic imine (C=N–C) groups is 1. The van der Waals surface area contributed by atoms with Gasteiger partial charge in [0.05, 0.1) is 45.1 Å². The Morgan fingerprint density at radius 2 is 1.85 bits per heavy atom. The van der Waals surface area contributed by atoms with Crippen molar-refractivity contribution in [2.45, 2.75) is 19.4 Å². The minimum absolute atomic E-state index is 0.0588. The molecule has 9 nitrogen and oxygen atoms in total. The Bertz CT molecular complexity index is 1080. The highest BCUT2D eigenvalue weighted by atomic mass is 32.2. The Kier molecular flexibility index (Phi) is 7.18. The summed E-state index contributed by atoms with van der Waals surface area (Å²) in [7, 11) is 6.59. The molecule has 0 aromatic heterocycles. The highest BCUT2D eigenvalue weighted by Crippen LogP contribution is 2.47. The van der Waals surface area contributed by atoms with E-state index in [2.05, 4.69) is 16.9 Å². The Morgan fingerprint density at radius 3 is 2.50 bits per heavy atom. The maximum absolute atomic E-state index is 13.2. The van der Waals surface area contributed by atoms with E-state index in [0.717, 1.165) is 24.4 Å². The topological polar surface area (TPSA) is 83.9 Å². The molecule has 10 heteroatoms. The van der Waals surface area contributed by atoms with Crippen molar-refractivity contribution >= 4 is 28.8 Å². The number of fused-ring (bicyclic) bond motifs is 1. The van der Waals surface area contributed by atoms with Crippen LogP contribution in [0.5, 0.6) is 11.5 Å².